The van der Waals surface area contributed by atoms with E-state index in [-0.39, 0.29) is 5.91 Å². The van der Waals surface area contributed by atoms with Crippen LogP contribution in [0.2, 0.25) is 4.34 Å². The lowest BCUT2D eigenvalue weighted by atomic mass is 10.2. The Morgan fingerprint density at radius 2 is 1.91 bits per heavy atom. The van der Waals surface area contributed by atoms with Gasteiger partial charge in [-0.25, -0.2) is 0 Å². The molecule has 0 bridgehead atoms. The van der Waals surface area contributed by atoms with E-state index < -0.39 is 0 Å². The zero-order valence-corrected chi connectivity index (χ0v) is 14.6. The number of carbonyl (C=O) groups excluding carboxylic acids is 1. The van der Waals surface area contributed by atoms with Crippen LogP contribution in [0.5, 0.6) is 11.5 Å². The smallest absolute Gasteiger partial charge is 0.234 e. The number of nitrogens with one attached hydrogen (secondary N) is 1. The van der Waals surface area contributed by atoms with Crippen molar-refractivity contribution in [3.8, 4) is 11.5 Å². The first-order valence-corrected chi connectivity index (χ1v) is 8.80. The van der Waals surface area contributed by atoms with E-state index in [9.17, 15) is 4.79 Å². The van der Waals surface area contributed by atoms with Crippen LogP contribution in [0.25, 0.3) is 0 Å². The van der Waals surface area contributed by atoms with Crippen LogP contribution < -0.4 is 14.8 Å². The summed E-state index contributed by atoms with van der Waals surface area (Å²) in [5.74, 6) is 2.34. The second kappa shape index (κ2) is 8.31. The van der Waals surface area contributed by atoms with Crippen LogP contribution in [0, 0.1) is 0 Å². The second-order valence-corrected chi connectivity index (χ2v) is 7.13. The minimum atomic E-state index is -0.0667. The van der Waals surface area contributed by atoms with Crippen molar-refractivity contribution >= 4 is 46.3 Å². The topological polar surface area (TPSA) is 47.6 Å². The fourth-order valence-corrected chi connectivity index (χ4v) is 3.78. The molecule has 0 saturated heterocycles. The van der Waals surface area contributed by atoms with Crippen LogP contribution in [-0.2, 0) is 10.5 Å². The largest absolute Gasteiger partial charge is 0.497 e. The molecule has 0 spiro atoms. The van der Waals surface area contributed by atoms with Gasteiger partial charge < -0.3 is 14.8 Å². The molecule has 118 valence electrons. The highest BCUT2D eigenvalue weighted by Gasteiger charge is 2.07. The Bertz CT molecular complexity index is 623. The highest BCUT2D eigenvalue weighted by Crippen LogP contribution is 2.27. The molecule has 0 unspecified atom stereocenters. The minimum absolute atomic E-state index is 0.0667. The molecule has 2 aromatic rings. The third-order valence-corrected chi connectivity index (χ3v) is 5.14. The summed E-state index contributed by atoms with van der Waals surface area (Å²) in [6.45, 7) is 0. The highest BCUT2D eigenvalue weighted by atomic mass is 35.5. The predicted molar refractivity (Wildman–Crippen MR) is 93.7 cm³/mol. The van der Waals surface area contributed by atoms with Gasteiger partial charge in [0.05, 0.1) is 24.3 Å². The first-order valence-electron chi connectivity index (χ1n) is 6.45. The number of anilines is 1. The van der Waals surface area contributed by atoms with E-state index in [0.717, 1.165) is 15.0 Å². The van der Waals surface area contributed by atoms with Crippen molar-refractivity contribution in [2.45, 2.75) is 5.75 Å². The molecule has 1 amide bonds. The quantitative estimate of drug-likeness (QED) is 0.803. The molecule has 22 heavy (non-hydrogen) atoms. The van der Waals surface area contributed by atoms with Crippen molar-refractivity contribution in [3.63, 3.8) is 0 Å². The van der Waals surface area contributed by atoms with Gasteiger partial charge in [-0.1, -0.05) is 11.6 Å². The van der Waals surface area contributed by atoms with Gasteiger partial charge in [0.1, 0.15) is 11.5 Å². The van der Waals surface area contributed by atoms with E-state index in [4.69, 9.17) is 21.1 Å². The van der Waals surface area contributed by atoms with Crippen molar-refractivity contribution in [1.82, 2.24) is 0 Å². The number of hydrogen-bond acceptors (Lipinski definition) is 5. The second-order valence-electron chi connectivity index (χ2n) is 4.35. The zero-order valence-electron chi connectivity index (χ0n) is 12.2. The third kappa shape index (κ3) is 5.12. The van der Waals surface area contributed by atoms with Gasteiger partial charge in [0, 0.05) is 34.5 Å². The number of halogens is 1. The number of methoxy groups -OCH3 is 2. The lowest BCUT2D eigenvalue weighted by Crippen LogP contribution is -2.14. The van der Waals surface area contributed by atoms with Crippen LogP contribution in [0.3, 0.4) is 0 Å². The Labute approximate surface area is 142 Å². The molecule has 2 rings (SSSR count). The number of benzene rings is 1. The molecule has 7 heteroatoms. The van der Waals surface area contributed by atoms with Crippen LogP contribution in [0.4, 0.5) is 5.69 Å². The first kappa shape index (κ1) is 17.0. The Kier molecular flexibility index (Phi) is 6.42. The normalized spacial score (nSPS) is 10.3. The number of carbonyl (C=O) groups is 1. The number of rotatable bonds is 7. The van der Waals surface area contributed by atoms with Crippen LogP contribution in [0.1, 0.15) is 4.88 Å². The van der Waals surface area contributed by atoms with E-state index in [1.54, 1.807) is 44.2 Å². The molecule has 0 aliphatic carbocycles. The molecule has 1 aromatic heterocycles. The highest BCUT2D eigenvalue weighted by molar-refractivity contribution is 7.99. The molecule has 0 atom stereocenters. The Hall–Kier alpha value is -1.37. The summed E-state index contributed by atoms with van der Waals surface area (Å²) in [5.41, 5.74) is 0.654. The molecular weight excluding hydrogens is 342 g/mol. The molecule has 0 radical (unpaired) electrons. The standard InChI is InChI=1S/C15H16ClNO3S2/c1-19-11-5-10(6-12(7-11)20-2)17-15(18)9-21-8-13-3-4-14(16)22-13/h3-7H,8-9H2,1-2H3,(H,17,18). The average molecular weight is 358 g/mol. The maximum Gasteiger partial charge on any atom is 0.234 e. The van der Waals surface area contributed by atoms with Gasteiger partial charge in [0.25, 0.3) is 0 Å². The Morgan fingerprint density at radius 3 is 2.45 bits per heavy atom. The van der Waals surface area contributed by atoms with Crippen molar-refractivity contribution in [1.29, 1.82) is 0 Å². The fourth-order valence-electron chi connectivity index (χ4n) is 1.75. The monoisotopic (exact) mass is 357 g/mol. The molecule has 4 nitrogen and oxygen atoms in total. The number of thioether (sulfide) groups is 1. The van der Waals surface area contributed by atoms with Crippen LogP contribution >= 0.6 is 34.7 Å². The predicted octanol–water partition coefficient (Wildman–Crippen LogP) is 4.29. The summed E-state index contributed by atoms with van der Waals surface area (Å²) < 4.78 is 11.1. The zero-order chi connectivity index (χ0) is 15.9. The summed E-state index contributed by atoms with van der Waals surface area (Å²) in [6.07, 6.45) is 0. The van der Waals surface area contributed by atoms with Crippen LogP contribution in [-0.4, -0.2) is 25.9 Å². The van der Waals surface area contributed by atoms with E-state index in [0.29, 0.717) is 22.9 Å². The van der Waals surface area contributed by atoms with Gasteiger partial charge in [-0.05, 0) is 12.1 Å². The third-order valence-electron chi connectivity index (χ3n) is 2.74. The summed E-state index contributed by atoms with van der Waals surface area (Å²) >= 11 is 8.95. The van der Waals surface area contributed by atoms with Gasteiger partial charge in [-0.3, -0.25) is 4.79 Å². The summed E-state index contributed by atoms with van der Waals surface area (Å²) in [7, 11) is 3.14. The van der Waals surface area contributed by atoms with Crippen LogP contribution in [0.15, 0.2) is 30.3 Å². The van der Waals surface area contributed by atoms with Gasteiger partial charge >= 0.3 is 0 Å². The van der Waals surface area contributed by atoms with E-state index in [1.165, 1.54) is 11.3 Å². The van der Waals surface area contributed by atoms with E-state index >= 15 is 0 Å². The summed E-state index contributed by atoms with van der Waals surface area (Å²) in [5, 5.41) is 2.84. The molecule has 1 N–H and O–H groups in total. The summed E-state index contributed by atoms with van der Waals surface area (Å²) in [4.78, 5) is 13.1. The number of hydrogen-bond donors (Lipinski definition) is 1. The van der Waals surface area contributed by atoms with Gasteiger partial charge in [-0.2, -0.15) is 0 Å². The first-order chi connectivity index (χ1) is 10.6. The molecule has 0 aliphatic rings. The lowest BCUT2D eigenvalue weighted by Gasteiger charge is -2.09. The Balaban J connectivity index is 1.86. The maximum absolute atomic E-state index is 12.0. The van der Waals surface area contributed by atoms with Gasteiger partial charge in [0.2, 0.25) is 5.91 Å². The van der Waals surface area contributed by atoms with Gasteiger partial charge in [-0.15, -0.1) is 23.1 Å². The molecule has 0 saturated carbocycles. The number of amides is 1. The molecule has 0 fully saturated rings. The van der Waals surface area contributed by atoms with Gasteiger partial charge in [0.15, 0.2) is 0 Å². The van der Waals surface area contributed by atoms with Crippen molar-refractivity contribution in [3.05, 3.63) is 39.5 Å². The van der Waals surface area contributed by atoms with E-state index in [1.807, 2.05) is 12.1 Å². The van der Waals surface area contributed by atoms with Crippen molar-refractivity contribution in [2.24, 2.45) is 0 Å². The number of thiophene rings is 1. The average Bonchev–Trinajstić information content (AvgIpc) is 2.92. The summed E-state index contributed by atoms with van der Waals surface area (Å²) in [6, 6.07) is 9.11. The minimum Gasteiger partial charge on any atom is -0.497 e. The Morgan fingerprint density at radius 1 is 1.23 bits per heavy atom. The number of ether oxygens (including phenoxy) is 2. The maximum atomic E-state index is 12.0. The SMILES string of the molecule is COc1cc(NC(=O)CSCc2ccc(Cl)s2)cc(OC)c1. The lowest BCUT2D eigenvalue weighted by molar-refractivity contribution is -0.113. The molecular formula is C15H16ClNO3S2. The molecule has 0 aliphatic heterocycles. The van der Waals surface area contributed by atoms with E-state index in [2.05, 4.69) is 5.32 Å². The van der Waals surface area contributed by atoms with Crippen molar-refractivity contribution < 1.29 is 14.3 Å². The van der Waals surface area contributed by atoms with Crippen molar-refractivity contribution in [2.75, 3.05) is 25.3 Å². The molecule has 1 heterocycles. The fraction of sp³-hybridized carbons (Fsp3) is 0.267. The molecule has 1 aromatic carbocycles.